The molecule has 6 heteroatoms. The Hall–Kier alpha value is -2.67. The molecule has 0 spiro atoms. The standard InChI is InChI=1S/C27H37N3O3/c1-5-21(4)29(18-23(31)20-32-7-3)19-25-26(6-2)28-30(22-14-10-8-11-15-22)27(25)33-24-16-12-9-13-17-24/h8-17,21,23,31H,5-7,18-20H2,1-4H3/t21-,23+/m0/s1. The molecule has 1 heterocycles. The van der Waals surface area contributed by atoms with Crippen LogP contribution in [0.5, 0.6) is 11.6 Å². The second-order valence-electron chi connectivity index (χ2n) is 8.25. The number of aryl methyl sites for hydroxylation is 1. The minimum Gasteiger partial charge on any atom is -0.439 e. The molecule has 1 N–H and O–H groups in total. The highest BCUT2D eigenvalue weighted by Crippen LogP contribution is 2.32. The molecule has 0 aliphatic carbocycles. The van der Waals surface area contributed by atoms with Crippen molar-refractivity contribution in [1.82, 2.24) is 14.7 Å². The lowest BCUT2D eigenvalue weighted by atomic mass is 10.1. The van der Waals surface area contributed by atoms with Gasteiger partial charge in [0.2, 0.25) is 5.88 Å². The van der Waals surface area contributed by atoms with Gasteiger partial charge in [-0.2, -0.15) is 5.10 Å². The second kappa shape index (κ2) is 12.5. The molecule has 0 unspecified atom stereocenters. The lowest BCUT2D eigenvalue weighted by Gasteiger charge is -2.30. The molecule has 3 aromatic rings. The van der Waals surface area contributed by atoms with Crippen molar-refractivity contribution in [2.45, 2.75) is 59.2 Å². The first-order valence-electron chi connectivity index (χ1n) is 12.0. The fourth-order valence-corrected chi connectivity index (χ4v) is 3.81. The minimum absolute atomic E-state index is 0.288. The molecular weight excluding hydrogens is 414 g/mol. The van der Waals surface area contributed by atoms with Crippen LogP contribution >= 0.6 is 0 Å². The zero-order chi connectivity index (χ0) is 23.6. The van der Waals surface area contributed by atoms with Crippen LogP contribution in [-0.2, 0) is 17.7 Å². The Morgan fingerprint density at radius 2 is 1.67 bits per heavy atom. The SMILES string of the molecule is CCOC[C@H](O)CN(Cc1c(CC)nn(-c2ccccc2)c1Oc1ccccc1)[C@@H](C)CC. The molecule has 0 amide bonds. The van der Waals surface area contributed by atoms with E-state index in [1.807, 2.05) is 72.3 Å². The maximum atomic E-state index is 10.6. The highest BCUT2D eigenvalue weighted by Gasteiger charge is 2.25. The van der Waals surface area contributed by atoms with Gasteiger partial charge in [-0.25, -0.2) is 4.68 Å². The summed E-state index contributed by atoms with van der Waals surface area (Å²) in [5.74, 6) is 1.49. The highest BCUT2D eigenvalue weighted by molar-refractivity contribution is 5.43. The predicted molar refractivity (Wildman–Crippen MR) is 132 cm³/mol. The van der Waals surface area contributed by atoms with Crippen molar-refractivity contribution in [3.8, 4) is 17.3 Å². The van der Waals surface area contributed by atoms with Crippen molar-refractivity contribution < 1.29 is 14.6 Å². The Balaban J connectivity index is 2.01. The van der Waals surface area contributed by atoms with Gasteiger partial charge in [0.1, 0.15) is 5.75 Å². The Kier molecular flexibility index (Phi) is 9.48. The average Bonchev–Trinajstić information content (AvgIpc) is 3.19. The van der Waals surface area contributed by atoms with E-state index in [4.69, 9.17) is 14.6 Å². The number of hydrogen-bond donors (Lipinski definition) is 1. The van der Waals surface area contributed by atoms with Gasteiger partial charge >= 0.3 is 0 Å². The van der Waals surface area contributed by atoms with Crippen molar-refractivity contribution in [3.05, 3.63) is 71.9 Å². The number of aliphatic hydroxyl groups is 1. The van der Waals surface area contributed by atoms with Crippen LogP contribution in [0.4, 0.5) is 0 Å². The van der Waals surface area contributed by atoms with Gasteiger partial charge in [0, 0.05) is 25.7 Å². The summed E-state index contributed by atoms with van der Waals surface area (Å²) in [5.41, 5.74) is 3.00. The van der Waals surface area contributed by atoms with E-state index in [0.717, 1.165) is 41.4 Å². The van der Waals surface area contributed by atoms with Crippen molar-refractivity contribution >= 4 is 0 Å². The normalized spacial score (nSPS) is 13.3. The topological polar surface area (TPSA) is 59.8 Å². The van der Waals surface area contributed by atoms with Crippen LogP contribution in [0.3, 0.4) is 0 Å². The minimum atomic E-state index is -0.549. The van der Waals surface area contributed by atoms with Crippen molar-refractivity contribution in [1.29, 1.82) is 0 Å². The fourth-order valence-electron chi connectivity index (χ4n) is 3.81. The quantitative estimate of drug-likeness (QED) is 0.386. The van der Waals surface area contributed by atoms with Crippen molar-refractivity contribution in [2.24, 2.45) is 0 Å². The molecular formula is C27H37N3O3. The highest BCUT2D eigenvalue weighted by atomic mass is 16.5. The van der Waals surface area contributed by atoms with Crippen molar-refractivity contribution in [3.63, 3.8) is 0 Å². The van der Waals surface area contributed by atoms with Gasteiger partial charge in [0.25, 0.3) is 0 Å². The third kappa shape index (κ3) is 6.67. The average molecular weight is 452 g/mol. The van der Waals surface area contributed by atoms with E-state index in [0.29, 0.717) is 26.3 Å². The molecule has 6 nitrogen and oxygen atoms in total. The molecule has 33 heavy (non-hydrogen) atoms. The Bertz CT molecular complexity index is 960. The van der Waals surface area contributed by atoms with Crippen LogP contribution in [0.15, 0.2) is 60.7 Å². The molecule has 0 radical (unpaired) electrons. The first-order chi connectivity index (χ1) is 16.1. The summed E-state index contributed by atoms with van der Waals surface area (Å²) in [7, 11) is 0. The van der Waals surface area contributed by atoms with E-state index in [9.17, 15) is 5.11 Å². The maximum Gasteiger partial charge on any atom is 0.227 e. The monoisotopic (exact) mass is 451 g/mol. The summed E-state index contributed by atoms with van der Waals surface area (Å²) < 4.78 is 13.8. The summed E-state index contributed by atoms with van der Waals surface area (Å²) in [4.78, 5) is 2.30. The van der Waals surface area contributed by atoms with Crippen LogP contribution in [-0.4, -0.2) is 51.7 Å². The van der Waals surface area contributed by atoms with E-state index in [1.54, 1.807) is 0 Å². The second-order valence-corrected chi connectivity index (χ2v) is 8.25. The number of aliphatic hydroxyl groups excluding tert-OH is 1. The number of hydrogen-bond acceptors (Lipinski definition) is 5. The molecule has 0 aliphatic heterocycles. The molecule has 1 aromatic heterocycles. The molecule has 2 aromatic carbocycles. The zero-order valence-electron chi connectivity index (χ0n) is 20.3. The largest absolute Gasteiger partial charge is 0.439 e. The Morgan fingerprint density at radius 1 is 1.00 bits per heavy atom. The number of nitrogens with zero attached hydrogens (tertiary/aromatic N) is 3. The van der Waals surface area contributed by atoms with Crippen LogP contribution < -0.4 is 4.74 Å². The Morgan fingerprint density at radius 3 is 2.27 bits per heavy atom. The van der Waals surface area contributed by atoms with Gasteiger partial charge in [0.05, 0.1) is 29.7 Å². The van der Waals surface area contributed by atoms with Gasteiger partial charge in [-0.1, -0.05) is 50.2 Å². The van der Waals surface area contributed by atoms with Crippen LogP contribution in [0.1, 0.15) is 45.4 Å². The van der Waals surface area contributed by atoms with Gasteiger partial charge in [-0.3, -0.25) is 4.90 Å². The summed E-state index contributed by atoms with van der Waals surface area (Å²) in [6.45, 7) is 10.5. The predicted octanol–water partition coefficient (Wildman–Crippen LogP) is 5.22. The molecule has 2 atom stereocenters. The van der Waals surface area contributed by atoms with Crippen molar-refractivity contribution in [2.75, 3.05) is 19.8 Å². The number of benzene rings is 2. The summed E-state index contributed by atoms with van der Waals surface area (Å²) in [6.07, 6.45) is 1.22. The molecule has 3 rings (SSSR count). The van der Waals surface area contributed by atoms with E-state index in [1.165, 1.54) is 0 Å². The molecule has 0 saturated carbocycles. The third-order valence-electron chi connectivity index (χ3n) is 5.85. The number of para-hydroxylation sites is 2. The lowest BCUT2D eigenvalue weighted by molar-refractivity contribution is 0.0111. The van der Waals surface area contributed by atoms with Crippen LogP contribution in [0.25, 0.3) is 5.69 Å². The number of ether oxygens (including phenoxy) is 2. The molecule has 0 bridgehead atoms. The summed E-state index contributed by atoms with van der Waals surface area (Å²) in [5, 5.41) is 15.5. The zero-order valence-corrected chi connectivity index (χ0v) is 20.3. The maximum absolute atomic E-state index is 10.6. The number of rotatable bonds is 13. The van der Waals surface area contributed by atoms with Gasteiger partial charge in [-0.05, 0) is 51.0 Å². The third-order valence-corrected chi connectivity index (χ3v) is 5.85. The Labute approximate surface area is 197 Å². The van der Waals surface area contributed by atoms with E-state index in [-0.39, 0.29) is 6.04 Å². The summed E-state index contributed by atoms with van der Waals surface area (Å²) >= 11 is 0. The van der Waals surface area contributed by atoms with Crippen LogP contribution in [0, 0.1) is 0 Å². The van der Waals surface area contributed by atoms with E-state index >= 15 is 0 Å². The molecule has 0 aliphatic rings. The van der Waals surface area contributed by atoms with Crippen LogP contribution in [0.2, 0.25) is 0 Å². The fraction of sp³-hybridized carbons (Fsp3) is 0.444. The summed E-state index contributed by atoms with van der Waals surface area (Å²) in [6, 6.07) is 20.2. The van der Waals surface area contributed by atoms with Gasteiger partial charge < -0.3 is 14.6 Å². The molecule has 0 fully saturated rings. The van der Waals surface area contributed by atoms with Gasteiger partial charge in [0.15, 0.2) is 0 Å². The molecule has 0 saturated heterocycles. The van der Waals surface area contributed by atoms with E-state index < -0.39 is 6.10 Å². The molecule has 178 valence electrons. The first kappa shape index (κ1) is 25.0. The smallest absolute Gasteiger partial charge is 0.227 e. The first-order valence-corrected chi connectivity index (χ1v) is 12.0. The van der Waals surface area contributed by atoms with Gasteiger partial charge in [-0.15, -0.1) is 0 Å². The van der Waals surface area contributed by atoms with E-state index in [2.05, 4.69) is 25.7 Å². The lowest BCUT2D eigenvalue weighted by Crippen LogP contribution is -2.40. The number of aromatic nitrogens is 2.